The van der Waals surface area contributed by atoms with Crippen molar-refractivity contribution in [2.24, 2.45) is 5.41 Å². The molecule has 0 aromatic heterocycles. The molecule has 6 nitrogen and oxygen atoms in total. The van der Waals surface area contributed by atoms with Crippen LogP contribution in [-0.2, 0) is 0 Å². The van der Waals surface area contributed by atoms with E-state index in [4.69, 9.17) is 5.73 Å². The maximum atomic E-state index is 12.2. The molecule has 0 radical (unpaired) electrons. The number of hydrogen-bond acceptors (Lipinski definition) is 4. The van der Waals surface area contributed by atoms with Gasteiger partial charge in [-0.3, -0.25) is 14.9 Å². The first-order valence-electron chi connectivity index (χ1n) is 7.29. The van der Waals surface area contributed by atoms with Crippen molar-refractivity contribution in [1.82, 2.24) is 5.32 Å². The predicted octanol–water partition coefficient (Wildman–Crippen LogP) is 2.88. The van der Waals surface area contributed by atoms with Crippen LogP contribution in [-0.4, -0.2) is 17.4 Å². The molecule has 1 aromatic carbocycles. The summed E-state index contributed by atoms with van der Waals surface area (Å²) in [5, 5.41) is 13.7. The average Bonchev–Trinajstić information content (AvgIpc) is 2.93. The van der Waals surface area contributed by atoms with Crippen LogP contribution in [0.5, 0.6) is 0 Å². The molecule has 0 aliphatic heterocycles. The molecule has 1 fully saturated rings. The fourth-order valence-electron chi connectivity index (χ4n) is 3.01. The monoisotopic (exact) mass is 291 g/mol. The Bertz CT molecular complexity index is 551. The molecule has 21 heavy (non-hydrogen) atoms. The van der Waals surface area contributed by atoms with Crippen molar-refractivity contribution in [3.05, 3.63) is 33.9 Å². The molecule has 0 heterocycles. The third-order valence-electron chi connectivity index (χ3n) is 4.52. The first-order chi connectivity index (χ1) is 9.97. The molecule has 0 unspecified atom stereocenters. The van der Waals surface area contributed by atoms with Gasteiger partial charge >= 0.3 is 0 Å². The van der Waals surface area contributed by atoms with E-state index in [0.717, 1.165) is 19.3 Å². The maximum absolute atomic E-state index is 12.2. The summed E-state index contributed by atoms with van der Waals surface area (Å²) in [5.41, 5.74) is 6.02. The highest BCUT2D eigenvalue weighted by molar-refractivity contribution is 5.95. The molecule has 2 rings (SSSR count). The highest BCUT2D eigenvalue weighted by Crippen LogP contribution is 2.40. The SMILES string of the molecule is CCC1(CNC(=O)c2ccc([N+](=O)[O-])c(N)c2)CCCC1. The molecule has 1 aromatic rings. The number of nitro groups is 1. The normalized spacial score (nSPS) is 16.6. The quantitative estimate of drug-likeness (QED) is 0.495. The van der Waals surface area contributed by atoms with Crippen LogP contribution in [0.4, 0.5) is 11.4 Å². The predicted molar refractivity (Wildman–Crippen MR) is 81.0 cm³/mol. The molecular formula is C15H21N3O3. The average molecular weight is 291 g/mol. The number of nitrogen functional groups attached to an aromatic ring is 1. The van der Waals surface area contributed by atoms with Crippen molar-refractivity contribution in [1.29, 1.82) is 0 Å². The number of nitrogens with two attached hydrogens (primary N) is 1. The second kappa shape index (κ2) is 6.11. The first-order valence-corrected chi connectivity index (χ1v) is 7.29. The Morgan fingerprint density at radius 2 is 2.10 bits per heavy atom. The summed E-state index contributed by atoms with van der Waals surface area (Å²) in [6, 6.07) is 4.08. The van der Waals surface area contributed by atoms with E-state index in [1.807, 2.05) is 0 Å². The smallest absolute Gasteiger partial charge is 0.292 e. The number of nitrogens with one attached hydrogen (secondary N) is 1. The van der Waals surface area contributed by atoms with Crippen molar-refractivity contribution in [2.45, 2.75) is 39.0 Å². The maximum Gasteiger partial charge on any atom is 0.292 e. The van der Waals surface area contributed by atoms with E-state index in [2.05, 4.69) is 12.2 Å². The highest BCUT2D eigenvalue weighted by atomic mass is 16.6. The Balaban J connectivity index is 2.03. The lowest BCUT2D eigenvalue weighted by molar-refractivity contribution is -0.383. The van der Waals surface area contributed by atoms with Gasteiger partial charge in [0.15, 0.2) is 0 Å². The van der Waals surface area contributed by atoms with Crippen LogP contribution < -0.4 is 11.1 Å². The van der Waals surface area contributed by atoms with Crippen LogP contribution in [0, 0.1) is 15.5 Å². The Morgan fingerprint density at radius 3 is 2.62 bits per heavy atom. The van der Waals surface area contributed by atoms with Gasteiger partial charge in [-0.15, -0.1) is 0 Å². The van der Waals surface area contributed by atoms with Crippen LogP contribution in [0.2, 0.25) is 0 Å². The second-order valence-corrected chi connectivity index (χ2v) is 5.77. The van der Waals surface area contributed by atoms with Crippen molar-refractivity contribution in [2.75, 3.05) is 12.3 Å². The molecule has 1 saturated carbocycles. The van der Waals surface area contributed by atoms with Crippen LogP contribution in [0.15, 0.2) is 18.2 Å². The van der Waals surface area contributed by atoms with Crippen molar-refractivity contribution in [3.63, 3.8) is 0 Å². The lowest BCUT2D eigenvalue weighted by Gasteiger charge is -2.27. The van der Waals surface area contributed by atoms with Gasteiger partial charge in [0.1, 0.15) is 5.69 Å². The number of nitrogens with zero attached hydrogens (tertiary/aromatic N) is 1. The van der Waals surface area contributed by atoms with E-state index in [0.29, 0.717) is 12.1 Å². The number of amides is 1. The highest BCUT2D eigenvalue weighted by Gasteiger charge is 2.32. The summed E-state index contributed by atoms with van der Waals surface area (Å²) in [7, 11) is 0. The molecule has 1 amide bonds. The van der Waals surface area contributed by atoms with Gasteiger partial charge in [-0.2, -0.15) is 0 Å². The minimum Gasteiger partial charge on any atom is -0.393 e. The zero-order chi connectivity index (χ0) is 15.5. The number of carbonyl (C=O) groups is 1. The number of benzene rings is 1. The van der Waals surface area contributed by atoms with E-state index in [1.54, 1.807) is 0 Å². The number of rotatable bonds is 5. The van der Waals surface area contributed by atoms with E-state index in [-0.39, 0.29) is 22.7 Å². The summed E-state index contributed by atoms with van der Waals surface area (Å²) < 4.78 is 0. The molecule has 1 aliphatic carbocycles. The molecular weight excluding hydrogens is 270 g/mol. The standard InChI is InChI=1S/C15H21N3O3/c1-2-15(7-3-4-8-15)10-17-14(19)11-5-6-13(18(20)21)12(16)9-11/h5-6,9H,2-4,7-8,10,16H2,1H3,(H,17,19). The topological polar surface area (TPSA) is 98.3 Å². The van der Waals surface area contributed by atoms with E-state index < -0.39 is 4.92 Å². The number of hydrogen-bond donors (Lipinski definition) is 2. The van der Waals surface area contributed by atoms with Gasteiger partial charge in [-0.05, 0) is 36.8 Å². The van der Waals surface area contributed by atoms with E-state index >= 15 is 0 Å². The first kappa shape index (κ1) is 15.3. The molecule has 0 saturated heterocycles. The van der Waals surface area contributed by atoms with Gasteiger partial charge in [0.25, 0.3) is 11.6 Å². The van der Waals surface area contributed by atoms with Crippen molar-refractivity contribution in [3.8, 4) is 0 Å². The summed E-state index contributed by atoms with van der Waals surface area (Å²) in [6.45, 7) is 2.81. The van der Waals surface area contributed by atoms with Crippen molar-refractivity contribution >= 4 is 17.3 Å². The summed E-state index contributed by atoms with van der Waals surface area (Å²) in [5.74, 6) is -0.226. The summed E-state index contributed by atoms with van der Waals surface area (Å²) >= 11 is 0. The Morgan fingerprint density at radius 1 is 1.43 bits per heavy atom. The lowest BCUT2D eigenvalue weighted by atomic mass is 9.83. The Kier molecular flexibility index (Phi) is 4.45. The molecule has 3 N–H and O–H groups in total. The molecule has 114 valence electrons. The Labute approximate surface area is 123 Å². The van der Waals surface area contributed by atoms with Gasteiger partial charge < -0.3 is 11.1 Å². The van der Waals surface area contributed by atoms with Gasteiger partial charge in [-0.25, -0.2) is 0 Å². The molecule has 6 heteroatoms. The Hall–Kier alpha value is -2.11. The molecule has 0 bridgehead atoms. The van der Waals surface area contributed by atoms with Crippen LogP contribution >= 0.6 is 0 Å². The largest absolute Gasteiger partial charge is 0.393 e. The summed E-state index contributed by atoms with van der Waals surface area (Å²) in [4.78, 5) is 22.3. The van der Waals surface area contributed by atoms with Gasteiger partial charge in [0, 0.05) is 18.2 Å². The van der Waals surface area contributed by atoms with Crippen LogP contribution in [0.3, 0.4) is 0 Å². The van der Waals surface area contributed by atoms with Gasteiger partial charge in [-0.1, -0.05) is 19.8 Å². The second-order valence-electron chi connectivity index (χ2n) is 5.77. The number of anilines is 1. The zero-order valence-electron chi connectivity index (χ0n) is 12.2. The van der Waals surface area contributed by atoms with E-state index in [9.17, 15) is 14.9 Å². The number of carbonyl (C=O) groups excluding carboxylic acids is 1. The minimum absolute atomic E-state index is 0.0127. The fraction of sp³-hybridized carbons (Fsp3) is 0.533. The van der Waals surface area contributed by atoms with Gasteiger partial charge in [0.05, 0.1) is 4.92 Å². The van der Waals surface area contributed by atoms with Crippen LogP contribution in [0.1, 0.15) is 49.4 Å². The van der Waals surface area contributed by atoms with E-state index in [1.165, 1.54) is 31.0 Å². The van der Waals surface area contributed by atoms with Gasteiger partial charge in [0.2, 0.25) is 0 Å². The third kappa shape index (κ3) is 3.32. The third-order valence-corrected chi connectivity index (χ3v) is 4.52. The molecule has 0 atom stereocenters. The van der Waals surface area contributed by atoms with Crippen molar-refractivity contribution < 1.29 is 9.72 Å². The molecule has 1 aliphatic rings. The molecule has 0 spiro atoms. The summed E-state index contributed by atoms with van der Waals surface area (Å²) in [6.07, 6.45) is 5.77. The minimum atomic E-state index is -0.554. The van der Waals surface area contributed by atoms with Crippen LogP contribution in [0.25, 0.3) is 0 Å². The zero-order valence-corrected chi connectivity index (χ0v) is 12.2. The lowest BCUT2D eigenvalue weighted by Crippen LogP contribution is -2.35. The number of nitro benzene ring substituents is 1. The fourth-order valence-corrected chi connectivity index (χ4v) is 3.01.